The van der Waals surface area contributed by atoms with Gasteiger partial charge in [-0.2, -0.15) is 0 Å². The van der Waals surface area contributed by atoms with Gasteiger partial charge in [0.2, 0.25) is 5.36 Å². The first-order valence-corrected chi connectivity index (χ1v) is 10.1. The third-order valence-corrected chi connectivity index (χ3v) is 5.26. The molecule has 0 aliphatic carbocycles. The van der Waals surface area contributed by atoms with Crippen LogP contribution in [0.4, 0.5) is 0 Å². The standard InChI is InChI=1S/C26H26NO3/c1-4-27(18-19-10-6-5-7-11-19)22-17-25(30-23-13-9-8-12-21(22)23)20-14-15-24(28-2)26(16-20)29-3/h5-17H,4,18H2,1-3H3/q+1. The fourth-order valence-electron chi connectivity index (χ4n) is 3.68. The van der Waals surface area contributed by atoms with E-state index in [4.69, 9.17) is 13.9 Å². The smallest absolute Gasteiger partial charge is 0.215 e. The zero-order chi connectivity index (χ0) is 20.9. The number of nitrogens with zero attached hydrogens (tertiary/aromatic N) is 1. The quantitative estimate of drug-likeness (QED) is 0.422. The molecule has 0 aliphatic heterocycles. The summed E-state index contributed by atoms with van der Waals surface area (Å²) in [6.45, 7) is 3.89. The van der Waals surface area contributed by atoms with Crippen LogP contribution in [-0.2, 0) is 6.54 Å². The normalized spacial score (nSPS) is 12.0. The Balaban J connectivity index is 1.94. The van der Waals surface area contributed by atoms with Crippen molar-refractivity contribution in [2.24, 2.45) is 0 Å². The van der Waals surface area contributed by atoms with E-state index in [0.29, 0.717) is 11.5 Å². The molecular weight excluding hydrogens is 374 g/mol. The highest BCUT2D eigenvalue weighted by molar-refractivity contribution is 5.78. The van der Waals surface area contributed by atoms with E-state index in [-0.39, 0.29) is 0 Å². The fourth-order valence-corrected chi connectivity index (χ4v) is 3.68. The summed E-state index contributed by atoms with van der Waals surface area (Å²) in [5.41, 5.74) is 3.07. The van der Waals surface area contributed by atoms with Crippen LogP contribution < -0.4 is 19.4 Å². The van der Waals surface area contributed by atoms with Crippen molar-refractivity contribution in [3.63, 3.8) is 0 Å². The van der Waals surface area contributed by atoms with Crippen LogP contribution in [0.25, 0.3) is 22.3 Å². The molecule has 1 heterocycles. The average Bonchev–Trinajstić information content (AvgIpc) is 2.82. The van der Waals surface area contributed by atoms with E-state index in [2.05, 4.69) is 47.9 Å². The lowest BCUT2D eigenvalue weighted by Crippen LogP contribution is -2.30. The van der Waals surface area contributed by atoms with Crippen LogP contribution in [0.3, 0.4) is 0 Å². The lowest BCUT2D eigenvalue weighted by molar-refractivity contribution is 0.355. The number of ether oxygens (including phenoxy) is 2. The van der Waals surface area contributed by atoms with Gasteiger partial charge in [-0.05, 0) is 37.3 Å². The molecule has 0 N–H and O–H groups in total. The van der Waals surface area contributed by atoms with Crippen molar-refractivity contribution < 1.29 is 13.9 Å². The first-order valence-electron chi connectivity index (χ1n) is 10.1. The second-order valence-electron chi connectivity index (χ2n) is 7.06. The molecule has 0 aliphatic rings. The molecule has 0 radical (unpaired) electrons. The number of hydrogen-bond donors (Lipinski definition) is 0. The summed E-state index contributed by atoms with van der Waals surface area (Å²) in [7, 11) is 3.28. The number of hydrogen-bond acceptors (Lipinski definition) is 3. The van der Waals surface area contributed by atoms with E-state index in [1.807, 2.05) is 42.5 Å². The van der Waals surface area contributed by atoms with Gasteiger partial charge in [-0.25, -0.2) is 4.58 Å². The lowest BCUT2D eigenvalue weighted by Gasteiger charge is -2.10. The summed E-state index contributed by atoms with van der Waals surface area (Å²) in [5.74, 6) is 2.16. The highest BCUT2D eigenvalue weighted by Crippen LogP contribution is 2.32. The monoisotopic (exact) mass is 400 g/mol. The Morgan fingerprint density at radius 3 is 2.27 bits per heavy atom. The lowest BCUT2D eigenvalue weighted by atomic mass is 10.1. The SMILES string of the molecule is CC[N+](Cc1ccccc1)=c1cc(-c2ccc(OC)c(OC)c2)oc2ccccc12. The van der Waals surface area contributed by atoms with Gasteiger partial charge in [-0.15, -0.1) is 0 Å². The molecule has 0 saturated heterocycles. The molecule has 30 heavy (non-hydrogen) atoms. The number of fused-ring (bicyclic) bond motifs is 1. The van der Waals surface area contributed by atoms with Crippen molar-refractivity contribution >= 4 is 11.0 Å². The van der Waals surface area contributed by atoms with Crippen molar-refractivity contribution in [3.05, 3.63) is 89.8 Å². The minimum atomic E-state index is 0.677. The molecule has 4 rings (SSSR count). The summed E-state index contributed by atoms with van der Waals surface area (Å²) >= 11 is 0. The Morgan fingerprint density at radius 2 is 1.53 bits per heavy atom. The first-order chi connectivity index (χ1) is 14.7. The Labute approximate surface area is 176 Å². The van der Waals surface area contributed by atoms with E-state index < -0.39 is 0 Å². The third kappa shape index (κ3) is 3.94. The van der Waals surface area contributed by atoms with Gasteiger partial charge in [0.25, 0.3) is 0 Å². The molecule has 0 bridgehead atoms. The van der Waals surface area contributed by atoms with Gasteiger partial charge in [0, 0.05) is 11.1 Å². The molecule has 1 aromatic heterocycles. The second kappa shape index (κ2) is 8.87. The molecular formula is C26H26NO3+. The van der Waals surface area contributed by atoms with E-state index in [9.17, 15) is 0 Å². The predicted octanol–water partition coefficient (Wildman–Crippen LogP) is 5.11. The number of para-hydroxylation sites is 1. The Hall–Kier alpha value is -3.53. The molecule has 4 heteroatoms. The molecule has 0 spiro atoms. The zero-order valence-corrected chi connectivity index (χ0v) is 17.6. The summed E-state index contributed by atoms with van der Waals surface area (Å²) < 4.78 is 19.5. The molecule has 0 amide bonds. The number of benzene rings is 3. The van der Waals surface area contributed by atoms with E-state index in [0.717, 1.165) is 40.7 Å². The molecule has 0 saturated carbocycles. The minimum Gasteiger partial charge on any atom is -0.493 e. The maximum atomic E-state index is 6.28. The van der Waals surface area contributed by atoms with Crippen LogP contribution >= 0.6 is 0 Å². The number of rotatable bonds is 6. The topological polar surface area (TPSA) is 34.6 Å². The Kier molecular flexibility index (Phi) is 5.84. The van der Waals surface area contributed by atoms with Gasteiger partial charge >= 0.3 is 0 Å². The highest BCUT2D eigenvalue weighted by atomic mass is 16.5. The van der Waals surface area contributed by atoms with Gasteiger partial charge in [-0.1, -0.05) is 42.5 Å². The maximum Gasteiger partial charge on any atom is 0.215 e. The van der Waals surface area contributed by atoms with Gasteiger partial charge in [0.15, 0.2) is 18.0 Å². The van der Waals surface area contributed by atoms with Crippen LogP contribution in [0, 0.1) is 0 Å². The zero-order valence-electron chi connectivity index (χ0n) is 17.6. The van der Waals surface area contributed by atoms with Crippen LogP contribution in [0.2, 0.25) is 0 Å². The Bertz CT molecular complexity index is 1230. The second-order valence-corrected chi connectivity index (χ2v) is 7.06. The summed E-state index contributed by atoms with van der Waals surface area (Å²) in [6, 6.07) is 26.7. The van der Waals surface area contributed by atoms with Crippen LogP contribution in [0.1, 0.15) is 12.5 Å². The van der Waals surface area contributed by atoms with Crippen molar-refractivity contribution in [2.75, 3.05) is 20.8 Å². The molecule has 4 nitrogen and oxygen atoms in total. The van der Waals surface area contributed by atoms with Gasteiger partial charge in [0.05, 0.1) is 25.7 Å². The van der Waals surface area contributed by atoms with Crippen molar-refractivity contribution in [3.8, 4) is 22.8 Å². The van der Waals surface area contributed by atoms with Crippen LogP contribution in [0.15, 0.2) is 83.3 Å². The minimum absolute atomic E-state index is 0.677. The molecule has 0 fully saturated rings. The van der Waals surface area contributed by atoms with Gasteiger partial charge < -0.3 is 13.9 Å². The molecule has 4 aromatic rings. The van der Waals surface area contributed by atoms with E-state index in [1.165, 1.54) is 5.56 Å². The van der Waals surface area contributed by atoms with Crippen molar-refractivity contribution in [1.82, 2.24) is 4.58 Å². The van der Waals surface area contributed by atoms with Crippen molar-refractivity contribution in [2.45, 2.75) is 13.5 Å². The van der Waals surface area contributed by atoms with Crippen molar-refractivity contribution in [1.29, 1.82) is 0 Å². The van der Waals surface area contributed by atoms with E-state index in [1.54, 1.807) is 14.2 Å². The van der Waals surface area contributed by atoms with Crippen LogP contribution in [0.5, 0.6) is 11.5 Å². The maximum absolute atomic E-state index is 6.28. The molecule has 152 valence electrons. The summed E-state index contributed by atoms with van der Waals surface area (Å²) in [4.78, 5) is 0. The first kappa shape index (κ1) is 19.8. The van der Waals surface area contributed by atoms with Gasteiger partial charge in [-0.3, -0.25) is 0 Å². The largest absolute Gasteiger partial charge is 0.493 e. The molecule has 3 aromatic carbocycles. The fraction of sp³-hybridized carbons (Fsp3) is 0.192. The summed E-state index contributed by atoms with van der Waals surface area (Å²) in [6.07, 6.45) is 0. The van der Waals surface area contributed by atoms with Gasteiger partial charge in [0.1, 0.15) is 17.9 Å². The summed E-state index contributed by atoms with van der Waals surface area (Å²) in [5, 5.41) is 2.24. The highest BCUT2D eigenvalue weighted by Gasteiger charge is 2.14. The predicted molar refractivity (Wildman–Crippen MR) is 121 cm³/mol. The van der Waals surface area contributed by atoms with Crippen LogP contribution in [-0.4, -0.2) is 20.8 Å². The number of methoxy groups -OCH3 is 2. The molecule has 0 atom stereocenters. The third-order valence-electron chi connectivity index (χ3n) is 5.26. The van der Waals surface area contributed by atoms with E-state index >= 15 is 0 Å². The Morgan fingerprint density at radius 1 is 0.800 bits per heavy atom. The average molecular weight is 400 g/mol. The molecule has 0 unspecified atom stereocenters.